The maximum atomic E-state index is 11.0. The highest BCUT2D eigenvalue weighted by Crippen LogP contribution is 2.34. The van der Waals surface area contributed by atoms with Crippen LogP contribution >= 0.6 is 0 Å². The Hall–Kier alpha value is -0.650. The maximum Gasteiger partial charge on any atom is 0.308 e. The van der Waals surface area contributed by atoms with Crippen molar-refractivity contribution in [3.8, 4) is 0 Å². The Labute approximate surface area is 83.2 Å². The largest absolute Gasteiger partial charge is 0.481 e. The fourth-order valence-corrected chi connectivity index (χ4v) is 2.56. The van der Waals surface area contributed by atoms with Crippen LogP contribution in [0.4, 0.5) is 0 Å². The number of hydrazine groups is 1. The number of hydrogen-bond acceptors (Lipinski definition) is 4. The van der Waals surface area contributed by atoms with E-state index < -0.39 is 5.97 Å². The molecule has 0 aromatic rings. The SMILES string of the molecule is CN(C)N1C2COCC1C(C(=O)O)C2. The highest BCUT2D eigenvalue weighted by Gasteiger charge is 2.48. The summed E-state index contributed by atoms with van der Waals surface area (Å²) < 4.78 is 5.39. The molecule has 0 aromatic heterocycles. The lowest BCUT2D eigenvalue weighted by Gasteiger charge is -2.39. The summed E-state index contributed by atoms with van der Waals surface area (Å²) in [6, 6.07) is 0.256. The van der Waals surface area contributed by atoms with E-state index in [0.717, 1.165) is 0 Å². The van der Waals surface area contributed by atoms with Gasteiger partial charge in [0.05, 0.1) is 25.2 Å². The van der Waals surface area contributed by atoms with Crippen molar-refractivity contribution in [3.05, 3.63) is 0 Å². The summed E-state index contributed by atoms with van der Waals surface area (Å²) in [7, 11) is 3.91. The van der Waals surface area contributed by atoms with E-state index in [1.54, 1.807) is 0 Å². The number of morpholine rings is 1. The average Bonchev–Trinajstić information content (AvgIpc) is 2.34. The van der Waals surface area contributed by atoms with Gasteiger partial charge in [-0.25, -0.2) is 10.0 Å². The first-order valence-corrected chi connectivity index (χ1v) is 4.87. The van der Waals surface area contributed by atoms with Crippen molar-refractivity contribution in [2.75, 3.05) is 27.3 Å². The van der Waals surface area contributed by atoms with Gasteiger partial charge in [-0.05, 0) is 6.42 Å². The molecule has 1 N–H and O–H groups in total. The molecule has 0 radical (unpaired) electrons. The molecule has 0 aromatic carbocycles. The predicted octanol–water partition coefficient (Wildman–Crippen LogP) is -0.363. The molecule has 2 aliphatic heterocycles. The third-order valence-electron chi connectivity index (χ3n) is 3.08. The summed E-state index contributed by atoms with van der Waals surface area (Å²) in [6.07, 6.45) is 0.707. The first-order chi connectivity index (χ1) is 6.61. The van der Waals surface area contributed by atoms with E-state index in [9.17, 15) is 4.79 Å². The number of carboxylic acid groups (broad SMARTS) is 1. The van der Waals surface area contributed by atoms with Gasteiger partial charge < -0.3 is 9.84 Å². The van der Waals surface area contributed by atoms with Crippen LogP contribution in [0, 0.1) is 5.92 Å². The molecule has 2 heterocycles. The molecule has 5 nitrogen and oxygen atoms in total. The monoisotopic (exact) mass is 200 g/mol. The molecule has 0 amide bonds. The minimum absolute atomic E-state index is 0.0150. The summed E-state index contributed by atoms with van der Waals surface area (Å²) in [5, 5.41) is 13.2. The fraction of sp³-hybridized carbons (Fsp3) is 0.889. The number of carboxylic acids is 1. The summed E-state index contributed by atoms with van der Waals surface area (Å²) in [4.78, 5) is 11.0. The maximum absolute atomic E-state index is 11.0. The third-order valence-corrected chi connectivity index (χ3v) is 3.08. The van der Waals surface area contributed by atoms with Gasteiger partial charge in [-0.2, -0.15) is 0 Å². The molecule has 2 bridgehead atoms. The number of fused-ring (bicyclic) bond motifs is 2. The van der Waals surface area contributed by atoms with E-state index >= 15 is 0 Å². The molecule has 3 unspecified atom stereocenters. The van der Waals surface area contributed by atoms with Crippen LogP contribution in [0.1, 0.15) is 6.42 Å². The van der Waals surface area contributed by atoms with Gasteiger partial charge >= 0.3 is 5.97 Å². The second-order valence-electron chi connectivity index (χ2n) is 4.17. The minimum atomic E-state index is -0.699. The van der Waals surface area contributed by atoms with Crippen LogP contribution in [-0.4, -0.2) is 60.5 Å². The Morgan fingerprint density at radius 1 is 1.50 bits per heavy atom. The topological polar surface area (TPSA) is 53.0 Å². The molecule has 0 spiro atoms. The van der Waals surface area contributed by atoms with Crippen molar-refractivity contribution in [2.45, 2.75) is 18.5 Å². The molecular weight excluding hydrogens is 184 g/mol. The van der Waals surface area contributed by atoms with Crippen LogP contribution in [0.3, 0.4) is 0 Å². The van der Waals surface area contributed by atoms with Crippen molar-refractivity contribution >= 4 is 5.97 Å². The predicted molar refractivity (Wildman–Crippen MR) is 49.7 cm³/mol. The number of nitrogens with zero attached hydrogens (tertiary/aromatic N) is 2. The first kappa shape index (κ1) is 9.89. The van der Waals surface area contributed by atoms with Crippen LogP contribution < -0.4 is 0 Å². The highest BCUT2D eigenvalue weighted by atomic mass is 16.5. The smallest absolute Gasteiger partial charge is 0.308 e. The molecule has 2 saturated heterocycles. The van der Waals surface area contributed by atoms with E-state index in [0.29, 0.717) is 19.6 Å². The molecule has 2 aliphatic rings. The quantitative estimate of drug-likeness (QED) is 0.659. The standard InChI is InChI=1S/C9H16N2O3/c1-10(2)11-6-3-7(9(12)13)8(11)5-14-4-6/h6-8H,3-5H2,1-2H3,(H,12,13). The summed E-state index contributed by atoms with van der Waals surface area (Å²) in [6.45, 7) is 1.18. The zero-order chi connectivity index (χ0) is 10.3. The van der Waals surface area contributed by atoms with Gasteiger partial charge in [0.25, 0.3) is 0 Å². The molecule has 80 valence electrons. The lowest BCUT2D eigenvalue weighted by molar-refractivity contribution is -0.148. The number of hydrogen-bond donors (Lipinski definition) is 1. The molecule has 3 atom stereocenters. The average molecular weight is 200 g/mol. The second-order valence-corrected chi connectivity index (χ2v) is 4.17. The zero-order valence-electron chi connectivity index (χ0n) is 8.51. The van der Waals surface area contributed by atoms with Gasteiger partial charge in [-0.3, -0.25) is 4.79 Å². The Morgan fingerprint density at radius 3 is 2.71 bits per heavy atom. The van der Waals surface area contributed by atoms with Crippen molar-refractivity contribution in [3.63, 3.8) is 0 Å². The van der Waals surface area contributed by atoms with Gasteiger partial charge in [0, 0.05) is 20.1 Å². The van der Waals surface area contributed by atoms with Gasteiger partial charge in [0.2, 0.25) is 0 Å². The molecule has 5 heteroatoms. The van der Waals surface area contributed by atoms with Crippen LogP contribution in [0.25, 0.3) is 0 Å². The van der Waals surface area contributed by atoms with Crippen LogP contribution in [0.2, 0.25) is 0 Å². The Morgan fingerprint density at radius 2 is 2.21 bits per heavy atom. The molecule has 0 saturated carbocycles. The Kier molecular flexibility index (Phi) is 2.47. The second kappa shape index (κ2) is 3.49. The lowest BCUT2D eigenvalue weighted by Crippen LogP contribution is -2.53. The van der Waals surface area contributed by atoms with E-state index in [1.807, 2.05) is 19.1 Å². The third kappa shape index (κ3) is 1.41. The van der Waals surface area contributed by atoms with E-state index in [4.69, 9.17) is 9.84 Å². The van der Waals surface area contributed by atoms with Crippen LogP contribution in [0.15, 0.2) is 0 Å². The zero-order valence-corrected chi connectivity index (χ0v) is 8.51. The Bertz CT molecular complexity index is 244. The van der Waals surface area contributed by atoms with Crippen molar-refractivity contribution in [1.82, 2.24) is 10.0 Å². The number of rotatable bonds is 2. The van der Waals surface area contributed by atoms with Gasteiger partial charge in [-0.15, -0.1) is 0 Å². The van der Waals surface area contributed by atoms with Gasteiger partial charge in [0.15, 0.2) is 0 Å². The lowest BCUT2D eigenvalue weighted by atomic mass is 10.0. The Balaban J connectivity index is 2.19. The minimum Gasteiger partial charge on any atom is -0.481 e. The molecule has 2 fully saturated rings. The molecular formula is C9H16N2O3. The summed E-state index contributed by atoms with van der Waals surface area (Å²) in [5.74, 6) is -0.972. The van der Waals surface area contributed by atoms with E-state index in [-0.39, 0.29) is 18.0 Å². The normalized spacial score (nSPS) is 37.8. The van der Waals surface area contributed by atoms with E-state index in [1.165, 1.54) is 0 Å². The fourth-order valence-electron chi connectivity index (χ4n) is 2.56. The number of ether oxygens (including phenoxy) is 1. The van der Waals surface area contributed by atoms with Crippen molar-refractivity contribution < 1.29 is 14.6 Å². The van der Waals surface area contributed by atoms with E-state index in [2.05, 4.69) is 5.01 Å². The number of aliphatic carboxylic acids is 1. The van der Waals surface area contributed by atoms with Crippen molar-refractivity contribution in [2.24, 2.45) is 5.92 Å². The first-order valence-electron chi connectivity index (χ1n) is 4.87. The molecule has 2 rings (SSSR count). The van der Waals surface area contributed by atoms with Gasteiger partial charge in [-0.1, -0.05) is 0 Å². The number of carbonyl (C=O) groups is 1. The highest BCUT2D eigenvalue weighted by molar-refractivity contribution is 5.71. The summed E-state index contributed by atoms with van der Waals surface area (Å²) in [5.41, 5.74) is 0. The van der Waals surface area contributed by atoms with Crippen molar-refractivity contribution in [1.29, 1.82) is 0 Å². The van der Waals surface area contributed by atoms with Crippen LogP contribution in [0.5, 0.6) is 0 Å². The summed E-state index contributed by atoms with van der Waals surface area (Å²) >= 11 is 0. The van der Waals surface area contributed by atoms with Gasteiger partial charge in [0.1, 0.15) is 0 Å². The van der Waals surface area contributed by atoms with Crippen LogP contribution in [-0.2, 0) is 9.53 Å². The molecule has 14 heavy (non-hydrogen) atoms. The molecule has 0 aliphatic carbocycles.